The van der Waals surface area contributed by atoms with E-state index in [9.17, 15) is 14.7 Å². The van der Waals surface area contributed by atoms with Gasteiger partial charge in [0.15, 0.2) is 0 Å². The molecule has 0 spiro atoms. The van der Waals surface area contributed by atoms with E-state index in [1.165, 1.54) is 11.3 Å². The number of amides is 1. The van der Waals surface area contributed by atoms with Crippen LogP contribution in [0.1, 0.15) is 37.8 Å². The molecular weight excluding hydrogens is 350 g/mol. The second-order valence-corrected chi connectivity index (χ2v) is 7.90. The van der Waals surface area contributed by atoms with Crippen LogP contribution in [0.15, 0.2) is 29.8 Å². The molecular formula is C19H21N3O3S. The molecule has 26 heavy (non-hydrogen) atoms. The van der Waals surface area contributed by atoms with Gasteiger partial charge in [-0.25, -0.2) is 9.78 Å². The number of fused-ring (bicyclic) bond motifs is 1. The predicted octanol–water partition coefficient (Wildman–Crippen LogP) is 2.99. The lowest BCUT2D eigenvalue weighted by atomic mass is 9.84. The van der Waals surface area contributed by atoms with Crippen LogP contribution >= 0.6 is 11.3 Å². The first-order chi connectivity index (χ1) is 12.6. The molecule has 1 aliphatic carbocycles. The van der Waals surface area contributed by atoms with Crippen molar-refractivity contribution in [2.45, 2.75) is 50.6 Å². The first-order valence-corrected chi connectivity index (χ1v) is 9.91. The molecule has 1 N–H and O–H groups in total. The number of likely N-dealkylation sites (tertiary alicyclic amines) is 1. The van der Waals surface area contributed by atoms with Crippen molar-refractivity contribution >= 4 is 23.2 Å². The molecule has 1 amide bonds. The first kappa shape index (κ1) is 17.1. The van der Waals surface area contributed by atoms with E-state index in [1.807, 2.05) is 23.6 Å². The van der Waals surface area contributed by atoms with E-state index in [1.54, 1.807) is 11.1 Å². The molecule has 3 atom stereocenters. The van der Waals surface area contributed by atoms with Crippen molar-refractivity contribution in [3.05, 3.63) is 35.5 Å². The van der Waals surface area contributed by atoms with Gasteiger partial charge in [-0.3, -0.25) is 9.78 Å². The average Bonchev–Trinajstić information content (AvgIpc) is 3.27. The van der Waals surface area contributed by atoms with Gasteiger partial charge >= 0.3 is 5.97 Å². The summed E-state index contributed by atoms with van der Waals surface area (Å²) in [5.41, 5.74) is 1.47. The zero-order valence-electron chi connectivity index (χ0n) is 14.4. The van der Waals surface area contributed by atoms with E-state index in [0.717, 1.165) is 36.4 Å². The molecule has 0 aromatic carbocycles. The topological polar surface area (TPSA) is 83.4 Å². The summed E-state index contributed by atoms with van der Waals surface area (Å²) in [6.45, 7) is 0. The van der Waals surface area contributed by atoms with Crippen LogP contribution in [0, 0.1) is 5.92 Å². The summed E-state index contributed by atoms with van der Waals surface area (Å²) in [4.78, 5) is 35.1. The molecule has 3 unspecified atom stereocenters. The number of hydrogen-bond acceptors (Lipinski definition) is 5. The third-order valence-corrected chi connectivity index (χ3v) is 6.34. The molecule has 1 saturated carbocycles. The monoisotopic (exact) mass is 371 g/mol. The van der Waals surface area contributed by atoms with E-state index < -0.39 is 12.0 Å². The van der Waals surface area contributed by atoms with Crippen LogP contribution in [0.5, 0.6) is 0 Å². The Morgan fingerprint density at radius 1 is 1.27 bits per heavy atom. The van der Waals surface area contributed by atoms with Crippen molar-refractivity contribution in [1.82, 2.24) is 14.9 Å². The van der Waals surface area contributed by atoms with Crippen LogP contribution in [0.25, 0.3) is 10.7 Å². The molecule has 2 fully saturated rings. The Hall–Kier alpha value is -2.28. The second-order valence-electron chi connectivity index (χ2n) is 7.04. The number of aliphatic carboxylic acids is 1. The van der Waals surface area contributed by atoms with Crippen molar-refractivity contribution in [2.75, 3.05) is 0 Å². The van der Waals surface area contributed by atoms with E-state index in [-0.39, 0.29) is 18.4 Å². The lowest BCUT2D eigenvalue weighted by Crippen LogP contribution is -2.46. The minimum atomic E-state index is -0.889. The van der Waals surface area contributed by atoms with Gasteiger partial charge < -0.3 is 10.0 Å². The summed E-state index contributed by atoms with van der Waals surface area (Å²) in [5.74, 6) is -0.682. The van der Waals surface area contributed by atoms with Crippen LogP contribution in [-0.4, -0.2) is 43.9 Å². The predicted molar refractivity (Wildman–Crippen MR) is 97.7 cm³/mol. The summed E-state index contributed by atoms with van der Waals surface area (Å²) in [6, 6.07) is 5.02. The summed E-state index contributed by atoms with van der Waals surface area (Å²) >= 11 is 1.46. The van der Waals surface area contributed by atoms with Gasteiger partial charge in [0.2, 0.25) is 5.91 Å². The Bertz CT molecular complexity index is 807. The minimum absolute atomic E-state index is 0.0752. The van der Waals surface area contributed by atoms with Crippen molar-refractivity contribution in [3.8, 4) is 10.7 Å². The fourth-order valence-corrected chi connectivity index (χ4v) is 5.08. The number of carbonyl (C=O) groups is 2. The normalized spacial score (nSPS) is 25.1. The number of pyridine rings is 1. The van der Waals surface area contributed by atoms with Gasteiger partial charge in [-0.1, -0.05) is 18.9 Å². The van der Waals surface area contributed by atoms with E-state index in [0.29, 0.717) is 18.0 Å². The molecule has 6 nitrogen and oxygen atoms in total. The van der Waals surface area contributed by atoms with Gasteiger partial charge in [0.1, 0.15) is 11.0 Å². The highest BCUT2D eigenvalue weighted by Gasteiger charge is 2.47. The van der Waals surface area contributed by atoms with Gasteiger partial charge in [0.25, 0.3) is 0 Å². The highest BCUT2D eigenvalue weighted by molar-refractivity contribution is 7.13. The van der Waals surface area contributed by atoms with Gasteiger partial charge in [0.05, 0.1) is 17.8 Å². The lowest BCUT2D eigenvalue weighted by Gasteiger charge is -2.32. The zero-order valence-corrected chi connectivity index (χ0v) is 15.2. The highest BCUT2D eigenvalue weighted by atomic mass is 32.1. The fourth-order valence-electron chi connectivity index (χ4n) is 4.28. The molecule has 2 aromatic heterocycles. The molecule has 2 aliphatic rings. The molecule has 7 heteroatoms. The third-order valence-electron chi connectivity index (χ3n) is 5.43. The smallest absolute Gasteiger partial charge is 0.326 e. The summed E-state index contributed by atoms with van der Waals surface area (Å²) in [7, 11) is 0. The number of rotatable bonds is 4. The highest BCUT2D eigenvalue weighted by Crippen LogP contribution is 2.40. The van der Waals surface area contributed by atoms with Crippen molar-refractivity contribution in [1.29, 1.82) is 0 Å². The van der Waals surface area contributed by atoms with Crippen molar-refractivity contribution in [2.24, 2.45) is 5.92 Å². The Balaban J connectivity index is 1.52. The molecule has 0 bridgehead atoms. The lowest BCUT2D eigenvalue weighted by molar-refractivity contribution is -0.149. The molecule has 136 valence electrons. The van der Waals surface area contributed by atoms with E-state index in [4.69, 9.17) is 0 Å². The van der Waals surface area contributed by atoms with Gasteiger partial charge in [0, 0.05) is 17.6 Å². The van der Waals surface area contributed by atoms with Crippen LogP contribution < -0.4 is 0 Å². The van der Waals surface area contributed by atoms with E-state index >= 15 is 0 Å². The maximum absolute atomic E-state index is 12.9. The van der Waals surface area contributed by atoms with Gasteiger partial charge in [-0.05, 0) is 37.3 Å². The molecule has 1 saturated heterocycles. The van der Waals surface area contributed by atoms with Crippen molar-refractivity contribution in [3.63, 3.8) is 0 Å². The number of carboxylic acid groups (broad SMARTS) is 1. The molecule has 1 aliphatic heterocycles. The van der Waals surface area contributed by atoms with Crippen molar-refractivity contribution < 1.29 is 14.7 Å². The second kappa shape index (κ2) is 7.15. The SMILES string of the molecule is O=C(O)C1CC2CCCCC2N1C(=O)Cc1csc(-c2ccccn2)n1. The van der Waals surface area contributed by atoms with Crippen LogP contribution in [-0.2, 0) is 16.0 Å². The average molecular weight is 371 g/mol. The Labute approximate surface area is 155 Å². The Morgan fingerprint density at radius 3 is 2.88 bits per heavy atom. The zero-order chi connectivity index (χ0) is 18.1. The molecule has 2 aromatic rings. The summed E-state index contributed by atoms with van der Waals surface area (Å²) in [6.07, 6.45) is 6.59. The van der Waals surface area contributed by atoms with Gasteiger partial charge in [-0.15, -0.1) is 11.3 Å². The fraction of sp³-hybridized carbons (Fsp3) is 0.474. The number of carbonyl (C=O) groups excluding carboxylic acids is 1. The standard InChI is InChI=1S/C19H21N3O3S/c23-17(10-13-11-26-18(21-13)14-6-3-4-8-20-14)22-15-7-2-1-5-12(15)9-16(22)19(24)25/h3-4,6,8,11-12,15-16H,1-2,5,7,9-10H2,(H,24,25). The molecule has 0 radical (unpaired) electrons. The molecule has 3 heterocycles. The minimum Gasteiger partial charge on any atom is -0.480 e. The quantitative estimate of drug-likeness (QED) is 0.893. The number of carboxylic acids is 1. The maximum Gasteiger partial charge on any atom is 0.326 e. The number of aromatic nitrogens is 2. The Kier molecular flexibility index (Phi) is 4.72. The Morgan fingerprint density at radius 2 is 2.12 bits per heavy atom. The number of thiazole rings is 1. The third kappa shape index (κ3) is 3.23. The maximum atomic E-state index is 12.9. The summed E-state index contributed by atoms with van der Waals surface area (Å²) < 4.78 is 0. The largest absolute Gasteiger partial charge is 0.480 e. The summed E-state index contributed by atoms with van der Waals surface area (Å²) in [5, 5.41) is 12.2. The van der Waals surface area contributed by atoms with E-state index in [2.05, 4.69) is 9.97 Å². The first-order valence-electron chi connectivity index (χ1n) is 9.03. The number of nitrogens with zero attached hydrogens (tertiary/aromatic N) is 3. The molecule has 4 rings (SSSR count). The number of hydrogen-bond donors (Lipinski definition) is 1. The van der Waals surface area contributed by atoms with Crippen LogP contribution in [0.2, 0.25) is 0 Å². The van der Waals surface area contributed by atoms with Gasteiger partial charge in [-0.2, -0.15) is 0 Å². The van der Waals surface area contributed by atoms with Crippen LogP contribution in [0.4, 0.5) is 0 Å². The van der Waals surface area contributed by atoms with Crippen LogP contribution in [0.3, 0.4) is 0 Å².